The fourth-order valence-electron chi connectivity index (χ4n) is 4.77. The molecule has 2 aromatic heterocycles. The van der Waals surface area contributed by atoms with E-state index in [4.69, 9.17) is 10.5 Å². The highest BCUT2D eigenvalue weighted by Crippen LogP contribution is 2.37. The molecule has 2 aromatic carbocycles. The molecular weight excluding hydrogens is 468 g/mol. The third kappa shape index (κ3) is 4.19. The maximum Gasteiger partial charge on any atom is 0.288 e. The molecule has 0 bridgehead atoms. The van der Waals surface area contributed by atoms with Crippen molar-refractivity contribution in [3.8, 4) is 22.6 Å². The fraction of sp³-hybridized carbons (Fsp3) is 0.269. The number of nitrogen functional groups attached to an aromatic ring is 1. The molecule has 1 aliphatic heterocycles. The van der Waals surface area contributed by atoms with Crippen molar-refractivity contribution in [2.75, 3.05) is 18.8 Å². The van der Waals surface area contributed by atoms with Crippen molar-refractivity contribution in [2.24, 2.45) is 0 Å². The standard InChI is InChI=1S/C26H25F2N5O3/c1-2-21(34)32-12-4-5-16(13-32)33-14-18(22-23(33)26(35)31-30-25(22)29)15-8-10-17(11-9-15)36-24-19(27)6-3-7-20(24)28/h3,6-11,14,16H,2,4-5,12-13H2,1H3,(H2,29,30)(H,31,35). The van der Waals surface area contributed by atoms with Crippen molar-refractivity contribution in [2.45, 2.75) is 32.2 Å². The van der Waals surface area contributed by atoms with Crippen molar-refractivity contribution >= 4 is 22.6 Å². The first kappa shape index (κ1) is 23.5. The van der Waals surface area contributed by atoms with Crippen LogP contribution in [-0.2, 0) is 4.79 Å². The number of benzene rings is 2. The molecule has 0 saturated carbocycles. The van der Waals surface area contributed by atoms with Gasteiger partial charge in [-0.3, -0.25) is 9.59 Å². The molecule has 36 heavy (non-hydrogen) atoms. The van der Waals surface area contributed by atoms with Crippen LogP contribution in [-0.4, -0.2) is 38.7 Å². The molecule has 186 valence electrons. The van der Waals surface area contributed by atoms with E-state index in [1.54, 1.807) is 24.3 Å². The number of piperidine rings is 1. The van der Waals surface area contributed by atoms with Crippen LogP contribution < -0.4 is 16.0 Å². The number of anilines is 1. The van der Waals surface area contributed by atoms with Crippen molar-refractivity contribution in [1.82, 2.24) is 19.7 Å². The Balaban J connectivity index is 1.54. The number of nitrogens with two attached hydrogens (primary N) is 1. The van der Waals surface area contributed by atoms with Gasteiger partial charge in [0.1, 0.15) is 11.3 Å². The van der Waals surface area contributed by atoms with Gasteiger partial charge < -0.3 is 19.9 Å². The Labute approximate surface area is 205 Å². The summed E-state index contributed by atoms with van der Waals surface area (Å²) >= 11 is 0. The van der Waals surface area contributed by atoms with Crippen LogP contribution in [0, 0.1) is 11.6 Å². The van der Waals surface area contributed by atoms with Crippen LogP contribution >= 0.6 is 0 Å². The first-order valence-corrected chi connectivity index (χ1v) is 11.8. The summed E-state index contributed by atoms with van der Waals surface area (Å²) < 4.78 is 35.2. The van der Waals surface area contributed by atoms with E-state index >= 15 is 0 Å². The quantitative estimate of drug-likeness (QED) is 0.422. The van der Waals surface area contributed by atoms with Gasteiger partial charge in [-0.1, -0.05) is 25.1 Å². The zero-order chi connectivity index (χ0) is 25.4. The summed E-state index contributed by atoms with van der Waals surface area (Å²) in [7, 11) is 0. The number of likely N-dealkylation sites (tertiary alicyclic amines) is 1. The number of hydrogen-bond acceptors (Lipinski definition) is 5. The minimum absolute atomic E-state index is 0.0772. The van der Waals surface area contributed by atoms with E-state index in [1.807, 2.05) is 22.6 Å². The molecular formula is C26H25F2N5O3. The average Bonchev–Trinajstić information content (AvgIpc) is 3.31. The molecule has 1 aliphatic rings. The highest BCUT2D eigenvalue weighted by Gasteiger charge is 2.27. The highest BCUT2D eigenvalue weighted by atomic mass is 19.1. The molecule has 1 amide bonds. The van der Waals surface area contributed by atoms with Gasteiger partial charge in [-0.15, -0.1) is 0 Å². The third-order valence-corrected chi connectivity index (χ3v) is 6.53. The SMILES string of the molecule is CCC(=O)N1CCCC(n2cc(-c3ccc(Oc4c(F)cccc4F)cc3)c3c(N)n[nH]c(=O)c32)C1. The molecule has 4 aromatic rings. The van der Waals surface area contributed by atoms with E-state index in [2.05, 4.69) is 10.2 Å². The molecule has 5 rings (SSSR count). The first-order chi connectivity index (χ1) is 17.4. The molecule has 1 unspecified atom stereocenters. The lowest BCUT2D eigenvalue weighted by molar-refractivity contribution is -0.132. The van der Waals surface area contributed by atoms with E-state index in [9.17, 15) is 18.4 Å². The average molecular weight is 494 g/mol. The first-order valence-electron chi connectivity index (χ1n) is 11.8. The van der Waals surface area contributed by atoms with E-state index in [1.165, 1.54) is 6.07 Å². The molecule has 0 aliphatic carbocycles. The van der Waals surface area contributed by atoms with Crippen LogP contribution in [0.4, 0.5) is 14.6 Å². The number of nitrogens with zero attached hydrogens (tertiary/aromatic N) is 3. The number of rotatable bonds is 5. The van der Waals surface area contributed by atoms with Gasteiger partial charge in [-0.05, 0) is 42.7 Å². The van der Waals surface area contributed by atoms with Crippen molar-refractivity contribution in [3.63, 3.8) is 0 Å². The molecule has 10 heteroatoms. The van der Waals surface area contributed by atoms with Crippen LogP contribution in [0.25, 0.3) is 22.0 Å². The van der Waals surface area contributed by atoms with Crippen LogP contribution in [0.15, 0.2) is 53.5 Å². The summed E-state index contributed by atoms with van der Waals surface area (Å²) in [6, 6.07) is 10.0. The molecule has 3 N–H and O–H groups in total. The minimum Gasteiger partial charge on any atom is -0.451 e. The summed E-state index contributed by atoms with van der Waals surface area (Å²) in [5.74, 6) is -1.59. The number of fused-ring (bicyclic) bond motifs is 1. The molecule has 0 radical (unpaired) electrons. The van der Waals surface area contributed by atoms with E-state index in [0.29, 0.717) is 36.0 Å². The number of ether oxygens (including phenoxy) is 1. The Hall–Kier alpha value is -4.21. The Kier molecular flexibility index (Phi) is 6.17. The van der Waals surface area contributed by atoms with Gasteiger partial charge >= 0.3 is 0 Å². The Morgan fingerprint density at radius 3 is 2.61 bits per heavy atom. The second-order valence-electron chi connectivity index (χ2n) is 8.78. The molecule has 0 spiro atoms. The van der Waals surface area contributed by atoms with Crippen LogP contribution in [0.3, 0.4) is 0 Å². The Morgan fingerprint density at radius 1 is 1.19 bits per heavy atom. The fourth-order valence-corrected chi connectivity index (χ4v) is 4.77. The molecule has 8 nitrogen and oxygen atoms in total. The summed E-state index contributed by atoms with van der Waals surface area (Å²) in [4.78, 5) is 27.0. The third-order valence-electron chi connectivity index (χ3n) is 6.53. The van der Waals surface area contributed by atoms with Gasteiger partial charge in [0.15, 0.2) is 23.2 Å². The summed E-state index contributed by atoms with van der Waals surface area (Å²) in [5, 5.41) is 6.92. The number of H-pyrrole nitrogens is 1. The van der Waals surface area contributed by atoms with Crippen molar-refractivity contribution < 1.29 is 18.3 Å². The van der Waals surface area contributed by atoms with Gasteiger partial charge in [0, 0.05) is 31.3 Å². The number of para-hydroxylation sites is 1. The number of aromatic amines is 1. The molecule has 1 atom stereocenters. The van der Waals surface area contributed by atoms with Gasteiger partial charge in [0.25, 0.3) is 5.56 Å². The zero-order valence-corrected chi connectivity index (χ0v) is 19.6. The number of hydrogen-bond donors (Lipinski definition) is 2. The predicted molar refractivity (Wildman–Crippen MR) is 132 cm³/mol. The summed E-state index contributed by atoms with van der Waals surface area (Å²) in [6.45, 7) is 3.03. The maximum atomic E-state index is 14.0. The normalized spacial score (nSPS) is 15.9. The lowest BCUT2D eigenvalue weighted by Gasteiger charge is -2.33. The lowest BCUT2D eigenvalue weighted by atomic mass is 10.0. The molecule has 1 fully saturated rings. The number of nitrogens with one attached hydrogen (secondary N) is 1. The zero-order valence-electron chi connectivity index (χ0n) is 19.6. The predicted octanol–water partition coefficient (Wildman–Crippen LogP) is 4.62. The maximum absolute atomic E-state index is 14.0. The van der Waals surface area contributed by atoms with E-state index in [0.717, 1.165) is 30.5 Å². The van der Waals surface area contributed by atoms with Gasteiger partial charge in [0.05, 0.1) is 11.4 Å². The van der Waals surface area contributed by atoms with Gasteiger partial charge in [-0.2, -0.15) is 5.10 Å². The minimum atomic E-state index is -0.802. The summed E-state index contributed by atoms with van der Waals surface area (Å²) in [5.41, 5.74) is 7.62. The molecule has 1 saturated heterocycles. The van der Waals surface area contributed by atoms with Crippen molar-refractivity contribution in [3.05, 3.63) is 70.6 Å². The monoisotopic (exact) mass is 493 g/mol. The van der Waals surface area contributed by atoms with E-state index in [-0.39, 0.29) is 29.1 Å². The number of aromatic nitrogens is 3. The second kappa shape index (κ2) is 9.44. The number of amides is 1. The second-order valence-corrected chi connectivity index (χ2v) is 8.78. The van der Waals surface area contributed by atoms with Gasteiger partial charge in [0.2, 0.25) is 5.91 Å². The van der Waals surface area contributed by atoms with Crippen LogP contribution in [0.1, 0.15) is 32.2 Å². The van der Waals surface area contributed by atoms with Crippen molar-refractivity contribution in [1.29, 1.82) is 0 Å². The number of carbonyl (C=O) groups excluding carboxylic acids is 1. The lowest BCUT2D eigenvalue weighted by Crippen LogP contribution is -2.40. The highest BCUT2D eigenvalue weighted by molar-refractivity contribution is 6.02. The van der Waals surface area contributed by atoms with Gasteiger partial charge in [-0.25, -0.2) is 13.9 Å². The topological polar surface area (TPSA) is 106 Å². The number of halogens is 2. The number of carbonyl (C=O) groups is 1. The Bertz CT molecular complexity index is 1480. The van der Waals surface area contributed by atoms with Crippen LogP contribution in [0.2, 0.25) is 0 Å². The largest absolute Gasteiger partial charge is 0.451 e. The Morgan fingerprint density at radius 2 is 1.92 bits per heavy atom. The smallest absolute Gasteiger partial charge is 0.288 e. The van der Waals surface area contributed by atoms with E-state index < -0.39 is 17.4 Å². The molecule has 3 heterocycles. The van der Waals surface area contributed by atoms with Crippen LogP contribution in [0.5, 0.6) is 11.5 Å². The summed E-state index contributed by atoms with van der Waals surface area (Å²) in [6.07, 6.45) is 3.91.